The minimum absolute atomic E-state index is 0.0250. The normalized spacial score (nSPS) is 16.6. The predicted molar refractivity (Wildman–Crippen MR) is 72.1 cm³/mol. The summed E-state index contributed by atoms with van der Waals surface area (Å²) in [7, 11) is 0. The molecule has 0 spiro atoms. The van der Waals surface area contributed by atoms with Gasteiger partial charge in [-0.15, -0.1) is 0 Å². The van der Waals surface area contributed by atoms with Crippen LogP contribution in [0, 0.1) is 17.2 Å². The molecule has 106 valence electrons. The number of carbonyl (C=O) groups is 2. The molecule has 1 fully saturated rings. The van der Waals surface area contributed by atoms with Crippen molar-refractivity contribution in [3.8, 4) is 6.07 Å². The highest BCUT2D eigenvalue weighted by molar-refractivity contribution is 5.88. The minimum atomic E-state index is -0.381. The lowest BCUT2D eigenvalue weighted by Gasteiger charge is -2.34. The third-order valence-electron chi connectivity index (χ3n) is 3.52. The zero-order valence-electron chi connectivity index (χ0n) is 12.1. The van der Waals surface area contributed by atoms with Gasteiger partial charge in [0.1, 0.15) is 6.04 Å². The molecule has 0 aromatic rings. The van der Waals surface area contributed by atoms with Crippen molar-refractivity contribution in [3.63, 3.8) is 0 Å². The van der Waals surface area contributed by atoms with Gasteiger partial charge in [-0.25, -0.2) is 0 Å². The number of amides is 2. The summed E-state index contributed by atoms with van der Waals surface area (Å²) in [5, 5.41) is 8.64. The lowest BCUT2D eigenvalue weighted by atomic mass is 10.0. The van der Waals surface area contributed by atoms with Crippen LogP contribution < -0.4 is 0 Å². The Morgan fingerprint density at radius 1 is 1.53 bits per heavy atom. The van der Waals surface area contributed by atoms with Crippen LogP contribution in [0.3, 0.4) is 0 Å². The highest BCUT2D eigenvalue weighted by Crippen LogP contribution is 2.21. The number of nitrogens with zero attached hydrogens (tertiary/aromatic N) is 3. The molecule has 0 aliphatic carbocycles. The molecule has 0 unspecified atom stereocenters. The maximum atomic E-state index is 12.6. The van der Waals surface area contributed by atoms with Crippen molar-refractivity contribution in [2.75, 3.05) is 19.6 Å². The molecule has 1 aliphatic heterocycles. The molecular weight excluding hydrogens is 242 g/mol. The number of nitriles is 1. The Hall–Kier alpha value is -1.57. The van der Waals surface area contributed by atoms with Crippen molar-refractivity contribution < 1.29 is 9.59 Å². The molecule has 0 aromatic heterocycles. The highest BCUT2D eigenvalue weighted by Gasteiger charge is 2.36. The second-order valence-electron chi connectivity index (χ2n) is 5.21. The summed E-state index contributed by atoms with van der Waals surface area (Å²) in [6.07, 6.45) is 1.71. The van der Waals surface area contributed by atoms with Crippen molar-refractivity contribution >= 4 is 11.8 Å². The molecule has 1 aliphatic rings. The van der Waals surface area contributed by atoms with E-state index in [0.717, 1.165) is 6.42 Å². The SMILES string of the molecule is CCN(CCC#N)C(=O)[C@@H](C(C)C)N1CCCC1=O. The third kappa shape index (κ3) is 3.69. The van der Waals surface area contributed by atoms with Crippen LogP contribution in [0.1, 0.15) is 40.0 Å². The molecule has 2 amide bonds. The molecule has 19 heavy (non-hydrogen) atoms. The second-order valence-corrected chi connectivity index (χ2v) is 5.21. The van der Waals surface area contributed by atoms with Gasteiger partial charge < -0.3 is 9.80 Å². The molecule has 0 radical (unpaired) electrons. The lowest BCUT2D eigenvalue weighted by molar-refractivity contribution is -0.145. The molecule has 0 saturated carbocycles. The van der Waals surface area contributed by atoms with E-state index < -0.39 is 0 Å². The fourth-order valence-corrected chi connectivity index (χ4v) is 2.54. The summed E-state index contributed by atoms with van der Waals surface area (Å²) < 4.78 is 0. The first kappa shape index (κ1) is 15.5. The Bertz CT molecular complexity index is 373. The maximum Gasteiger partial charge on any atom is 0.245 e. The molecular formula is C14H23N3O2. The van der Waals surface area contributed by atoms with Crippen LogP contribution in [0.4, 0.5) is 0 Å². The Labute approximate surface area is 115 Å². The van der Waals surface area contributed by atoms with Crippen LogP contribution >= 0.6 is 0 Å². The summed E-state index contributed by atoms with van der Waals surface area (Å²) in [6, 6.07) is 1.68. The van der Waals surface area contributed by atoms with E-state index in [1.54, 1.807) is 9.80 Å². The van der Waals surface area contributed by atoms with E-state index in [0.29, 0.717) is 32.5 Å². The van der Waals surface area contributed by atoms with E-state index in [4.69, 9.17) is 5.26 Å². The van der Waals surface area contributed by atoms with Crippen LogP contribution in [0.25, 0.3) is 0 Å². The molecule has 0 aromatic carbocycles. The lowest BCUT2D eigenvalue weighted by Crippen LogP contribution is -2.52. The predicted octanol–water partition coefficient (Wildman–Crippen LogP) is 1.40. The van der Waals surface area contributed by atoms with Crippen LogP contribution in [0.15, 0.2) is 0 Å². The molecule has 0 N–H and O–H groups in total. The molecule has 5 nitrogen and oxygen atoms in total. The summed E-state index contributed by atoms with van der Waals surface area (Å²) in [5.41, 5.74) is 0. The fraction of sp³-hybridized carbons (Fsp3) is 0.786. The highest BCUT2D eigenvalue weighted by atomic mass is 16.2. The molecule has 1 saturated heterocycles. The Kier molecular flexibility index (Phi) is 5.81. The zero-order valence-corrected chi connectivity index (χ0v) is 12.1. The van der Waals surface area contributed by atoms with Crippen LogP contribution in [0.2, 0.25) is 0 Å². The number of rotatable bonds is 6. The number of hydrogen-bond donors (Lipinski definition) is 0. The van der Waals surface area contributed by atoms with Crippen molar-refractivity contribution in [1.82, 2.24) is 9.80 Å². The van der Waals surface area contributed by atoms with E-state index in [1.165, 1.54) is 0 Å². The molecule has 5 heteroatoms. The Morgan fingerprint density at radius 3 is 2.63 bits per heavy atom. The van der Waals surface area contributed by atoms with E-state index in [9.17, 15) is 9.59 Å². The van der Waals surface area contributed by atoms with Crippen molar-refractivity contribution in [2.24, 2.45) is 5.92 Å². The van der Waals surface area contributed by atoms with Gasteiger partial charge in [0.2, 0.25) is 11.8 Å². The topological polar surface area (TPSA) is 64.4 Å². The maximum absolute atomic E-state index is 12.6. The van der Waals surface area contributed by atoms with Crippen molar-refractivity contribution in [2.45, 2.75) is 46.1 Å². The number of carbonyl (C=O) groups excluding carboxylic acids is 2. The molecule has 1 heterocycles. The first-order valence-electron chi connectivity index (χ1n) is 6.98. The van der Waals surface area contributed by atoms with Gasteiger partial charge in [0.15, 0.2) is 0 Å². The van der Waals surface area contributed by atoms with Gasteiger partial charge in [-0.05, 0) is 19.3 Å². The first-order chi connectivity index (χ1) is 9.02. The van der Waals surface area contributed by atoms with Gasteiger partial charge >= 0.3 is 0 Å². The van der Waals surface area contributed by atoms with E-state index in [1.807, 2.05) is 20.8 Å². The van der Waals surface area contributed by atoms with Crippen LogP contribution in [-0.2, 0) is 9.59 Å². The quantitative estimate of drug-likeness (QED) is 0.729. The summed E-state index contributed by atoms with van der Waals surface area (Å²) in [6.45, 7) is 7.52. The average molecular weight is 265 g/mol. The largest absolute Gasteiger partial charge is 0.340 e. The molecule has 0 bridgehead atoms. The van der Waals surface area contributed by atoms with Crippen LogP contribution in [0.5, 0.6) is 0 Å². The molecule has 1 atom stereocenters. The van der Waals surface area contributed by atoms with Crippen molar-refractivity contribution in [1.29, 1.82) is 5.26 Å². The Balaban J connectivity index is 2.83. The van der Waals surface area contributed by atoms with E-state index in [-0.39, 0.29) is 23.8 Å². The number of likely N-dealkylation sites (N-methyl/N-ethyl adjacent to an activating group) is 1. The van der Waals surface area contributed by atoms with E-state index >= 15 is 0 Å². The van der Waals surface area contributed by atoms with Gasteiger partial charge in [0.05, 0.1) is 12.5 Å². The van der Waals surface area contributed by atoms with Gasteiger partial charge in [-0.3, -0.25) is 9.59 Å². The summed E-state index contributed by atoms with van der Waals surface area (Å²) in [5.74, 6) is 0.136. The third-order valence-corrected chi connectivity index (χ3v) is 3.52. The van der Waals surface area contributed by atoms with Gasteiger partial charge in [-0.1, -0.05) is 13.8 Å². The minimum Gasteiger partial charge on any atom is -0.340 e. The van der Waals surface area contributed by atoms with Gasteiger partial charge in [0.25, 0.3) is 0 Å². The first-order valence-corrected chi connectivity index (χ1v) is 6.98. The monoisotopic (exact) mass is 265 g/mol. The smallest absolute Gasteiger partial charge is 0.245 e. The summed E-state index contributed by atoms with van der Waals surface area (Å²) in [4.78, 5) is 27.8. The molecule has 1 rings (SSSR count). The van der Waals surface area contributed by atoms with Crippen molar-refractivity contribution in [3.05, 3.63) is 0 Å². The zero-order chi connectivity index (χ0) is 14.4. The van der Waals surface area contributed by atoms with Gasteiger partial charge in [-0.2, -0.15) is 5.26 Å². The fourth-order valence-electron chi connectivity index (χ4n) is 2.54. The number of likely N-dealkylation sites (tertiary alicyclic amines) is 1. The van der Waals surface area contributed by atoms with Crippen LogP contribution in [-0.4, -0.2) is 47.3 Å². The Morgan fingerprint density at radius 2 is 2.21 bits per heavy atom. The van der Waals surface area contributed by atoms with Gasteiger partial charge in [0, 0.05) is 26.1 Å². The summed E-state index contributed by atoms with van der Waals surface area (Å²) >= 11 is 0. The number of hydrogen-bond acceptors (Lipinski definition) is 3. The average Bonchev–Trinajstić information content (AvgIpc) is 2.76. The van der Waals surface area contributed by atoms with E-state index in [2.05, 4.69) is 6.07 Å². The second kappa shape index (κ2) is 7.13. The standard InChI is InChI=1S/C14H23N3O2/c1-4-16(9-6-8-15)14(19)13(11(2)3)17-10-5-7-12(17)18/h11,13H,4-7,9-10H2,1-3H3/t13-/m1/s1.